The maximum atomic E-state index is 11.4. The second kappa shape index (κ2) is 7.07. The van der Waals surface area contributed by atoms with Crippen LogP contribution >= 0.6 is 11.6 Å². The Labute approximate surface area is 106 Å². The number of carbonyl (C=O) groups excluding carboxylic acids is 2. The topological polar surface area (TPSA) is 43.4 Å². The third-order valence-corrected chi connectivity index (χ3v) is 2.68. The smallest absolute Gasteiger partial charge is 0.338 e. The van der Waals surface area contributed by atoms with Crippen molar-refractivity contribution in [1.29, 1.82) is 0 Å². The summed E-state index contributed by atoms with van der Waals surface area (Å²) >= 11 is 6.06. The lowest BCUT2D eigenvalue weighted by atomic mass is 10.1. The van der Waals surface area contributed by atoms with Crippen LogP contribution in [-0.4, -0.2) is 18.9 Å². The van der Waals surface area contributed by atoms with Crippen molar-refractivity contribution in [3.63, 3.8) is 0 Å². The van der Waals surface area contributed by atoms with Crippen LogP contribution in [0.1, 0.15) is 35.7 Å². The number of halogens is 1. The maximum Gasteiger partial charge on any atom is 0.338 e. The normalized spacial score (nSPS) is 10.0. The van der Waals surface area contributed by atoms with Crippen molar-refractivity contribution in [3.05, 3.63) is 34.3 Å². The first-order valence-electron chi connectivity index (χ1n) is 5.58. The average Bonchev–Trinajstić information content (AvgIpc) is 2.31. The first-order valence-corrected chi connectivity index (χ1v) is 5.96. The second-order valence-corrected chi connectivity index (χ2v) is 3.99. The Balaban J connectivity index is 2.71. The lowest BCUT2D eigenvalue weighted by Crippen LogP contribution is -2.04. The molecule has 0 amide bonds. The quantitative estimate of drug-likeness (QED) is 0.445. The summed E-state index contributed by atoms with van der Waals surface area (Å²) in [5.41, 5.74) is 1.40. The van der Waals surface area contributed by atoms with Crippen molar-refractivity contribution < 1.29 is 14.3 Å². The maximum absolute atomic E-state index is 11.4. The first kappa shape index (κ1) is 13.7. The predicted molar refractivity (Wildman–Crippen MR) is 66.4 cm³/mol. The highest BCUT2D eigenvalue weighted by atomic mass is 35.5. The lowest BCUT2D eigenvalue weighted by molar-refractivity contribution is -0.107. The molecule has 0 saturated heterocycles. The van der Waals surface area contributed by atoms with Gasteiger partial charge < -0.3 is 9.53 Å². The predicted octanol–water partition coefficient (Wildman–Crippen LogP) is 3.04. The molecule has 0 fully saturated rings. The molecule has 0 aliphatic carbocycles. The van der Waals surface area contributed by atoms with Crippen molar-refractivity contribution >= 4 is 23.9 Å². The van der Waals surface area contributed by atoms with Crippen LogP contribution in [0.5, 0.6) is 0 Å². The number of aldehydes is 1. The van der Waals surface area contributed by atoms with E-state index in [1.54, 1.807) is 25.1 Å². The Morgan fingerprint density at radius 3 is 2.82 bits per heavy atom. The molecule has 92 valence electrons. The molecule has 0 bridgehead atoms. The standard InChI is InChI=1S/C13H15ClO3/c1-2-17-13(16)11-7-6-10(12(14)9-11)5-3-4-8-15/h6-9H,2-5H2,1H3. The van der Waals surface area contributed by atoms with Crippen LogP contribution < -0.4 is 0 Å². The minimum atomic E-state index is -0.367. The van der Waals surface area contributed by atoms with E-state index < -0.39 is 0 Å². The molecule has 0 N–H and O–H groups in total. The van der Waals surface area contributed by atoms with Gasteiger partial charge in [0.2, 0.25) is 0 Å². The molecule has 1 rings (SSSR count). The summed E-state index contributed by atoms with van der Waals surface area (Å²) in [5.74, 6) is -0.367. The third-order valence-electron chi connectivity index (χ3n) is 2.33. The highest BCUT2D eigenvalue weighted by molar-refractivity contribution is 6.31. The largest absolute Gasteiger partial charge is 0.462 e. The number of esters is 1. The van der Waals surface area contributed by atoms with Gasteiger partial charge in [0.25, 0.3) is 0 Å². The summed E-state index contributed by atoms with van der Waals surface area (Å²) in [4.78, 5) is 21.6. The number of hydrogen-bond donors (Lipinski definition) is 0. The summed E-state index contributed by atoms with van der Waals surface area (Å²) in [6.45, 7) is 2.10. The van der Waals surface area contributed by atoms with Crippen molar-refractivity contribution in [2.24, 2.45) is 0 Å². The molecule has 0 aliphatic heterocycles. The monoisotopic (exact) mass is 254 g/mol. The van der Waals surface area contributed by atoms with Gasteiger partial charge >= 0.3 is 5.97 Å². The average molecular weight is 255 g/mol. The molecule has 1 aromatic carbocycles. The Kier molecular flexibility index (Phi) is 5.70. The van der Waals surface area contributed by atoms with Gasteiger partial charge in [-0.1, -0.05) is 17.7 Å². The number of aryl methyl sites for hydroxylation is 1. The van der Waals surface area contributed by atoms with Crippen LogP contribution in [-0.2, 0) is 16.0 Å². The van der Waals surface area contributed by atoms with Gasteiger partial charge in [-0.2, -0.15) is 0 Å². The van der Waals surface area contributed by atoms with Crippen molar-refractivity contribution in [1.82, 2.24) is 0 Å². The van der Waals surface area contributed by atoms with Gasteiger partial charge in [-0.3, -0.25) is 0 Å². The second-order valence-electron chi connectivity index (χ2n) is 3.59. The SMILES string of the molecule is CCOC(=O)c1ccc(CCCC=O)c(Cl)c1. The van der Waals surface area contributed by atoms with Gasteiger partial charge in [0, 0.05) is 11.4 Å². The fourth-order valence-electron chi connectivity index (χ4n) is 1.47. The molecule has 0 heterocycles. The van der Waals surface area contributed by atoms with E-state index in [1.165, 1.54) is 0 Å². The minimum Gasteiger partial charge on any atom is -0.462 e. The number of hydrogen-bond acceptors (Lipinski definition) is 3. The lowest BCUT2D eigenvalue weighted by Gasteiger charge is -2.06. The van der Waals surface area contributed by atoms with E-state index in [0.717, 1.165) is 24.7 Å². The van der Waals surface area contributed by atoms with E-state index in [-0.39, 0.29) is 5.97 Å². The number of rotatable bonds is 6. The van der Waals surface area contributed by atoms with Crippen molar-refractivity contribution in [3.8, 4) is 0 Å². The van der Waals surface area contributed by atoms with Crippen LogP contribution in [0.3, 0.4) is 0 Å². The number of unbranched alkanes of at least 4 members (excludes halogenated alkanes) is 1. The Bertz CT molecular complexity index is 402. The zero-order valence-electron chi connectivity index (χ0n) is 9.74. The van der Waals surface area contributed by atoms with Gasteiger partial charge in [0.1, 0.15) is 6.29 Å². The zero-order valence-corrected chi connectivity index (χ0v) is 10.5. The molecule has 1 aromatic rings. The molecular formula is C13H15ClO3. The van der Waals surface area contributed by atoms with E-state index >= 15 is 0 Å². The molecule has 0 atom stereocenters. The number of carbonyl (C=O) groups is 2. The van der Waals surface area contributed by atoms with Crippen molar-refractivity contribution in [2.75, 3.05) is 6.61 Å². The van der Waals surface area contributed by atoms with Crippen LogP contribution in [0.2, 0.25) is 5.02 Å². The van der Waals surface area contributed by atoms with Gasteiger partial charge in [-0.05, 0) is 37.5 Å². The van der Waals surface area contributed by atoms with E-state index in [2.05, 4.69) is 0 Å². The fraction of sp³-hybridized carbons (Fsp3) is 0.385. The van der Waals surface area contributed by atoms with Gasteiger partial charge in [0.15, 0.2) is 0 Å². The van der Waals surface area contributed by atoms with E-state index in [0.29, 0.717) is 23.6 Å². The molecule has 0 aliphatic rings. The van der Waals surface area contributed by atoms with E-state index in [9.17, 15) is 9.59 Å². The molecule has 17 heavy (non-hydrogen) atoms. The fourth-order valence-corrected chi connectivity index (χ4v) is 1.74. The number of benzene rings is 1. The van der Waals surface area contributed by atoms with Gasteiger partial charge in [0.05, 0.1) is 12.2 Å². The molecular weight excluding hydrogens is 240 g/mol. The van der Waals surface area contributed by atoms with E-state index in [4.69, 9.17) is 16.3 Å². The highest BCUT2D eigenvalue weighted by Gasteiger charge is 2.09. The van der Waals surface area contributed by atoms with Crippen molar-refractivity contribution in [2.45, 2.75) is 26.2 Å². The van der Waals surface area contributed by atoms with E-state index in [1.807, 2.05) is 0 Å². The Hall–Kier alpha value is -1.35. The van der Waals surface area contributed by atoms with Gasteiger partial charge in [-0.25, -0.2) is 4.79 Å². The van der Waals surface area contributed by atoms with Crippen LogP contribution in [0, 0.1) is 0 Å². The summed E-state index contributed by atoms with van der Waals surface area (Å²) in [7, 11) is 0. The molecule has 0 unspecified atom stereocenters. The summed E-state index contributed by atoms with van der Waals surface area (Å²) in [6.07, 6.45) is 2.92. The highest BCUT2D eigenvalue weighted by Crippen LogP contribution is 2.20. The zero-order chi connectivity index (χ0) is 12.7. The third kappa shape index (κ3) is 4.19. The number of ether oxygens (including phenoxy) is 1. The first-order chi connectivity index (χ1) is 8.19. The molecule has 0 radical (unpaired) electrons. The summed E-state index contributed by atoms with van der Waals surface area (Å²) in [6, 6.07) is 5.11. The minimum absolute atomic E-state index is 0.345. The Morgan fingerprint density at radius 1 is 1.47 bits per heavy atom. The molecule has 0 aromatic heterocycles. The van der Waals surface area contributed by atoms with Crippen LogP contribution in [0.25, 0.3) is 0 Å². The summed E-state index contributed by atoms with van der Waals surface area (Å²) in [5, 5.41) is 0.543. The van der Waals surface area contributed by atoms with Crippen LogP contribution in [0.4, 0.5) is 0 Å². The molecule has 4 heteroatoms. The summed E-state index contributed by atoms with van der Waals surface area (Å²) < 4.78 is 4.88. The molecule has 0 spiro atoms. The van der Waals surface area contributed by atoms with Crippen LogP contribution in [0.15, 0.2) is 18.2 Å². The Morgan fingerprint density at radius 2 is 2.24 bits per heavy atom. The molecule has 0 saturated carbocycles. The molecule has 3 nitrogen and oxygen atoms in total. The van der Waals surface area contributed by atoms with Gasteiger partial charge in [-0.15, -0.1) is 0 Å².